The predicted molar refractivity (Wildman–Crippen MR) is 95.5 cm³/mol. The maximum Gasteiger partial charge on any atom is 0.278 e. The van der Waals surface area contributed by atoms with E-state index in [9.17, 15) is 10.1 Å². The van der Waals surface area contributed by atoms with E-state index < -0.39 is 6.23 Å². The van der Waals surface area contributed by atoms with Crippen molar-refractivity contribution in [3.8, 4) is 5.75 Å². The van der Waals surface area contributed by atoms with Crippen molar-refractivity contribution >= 4 is 11.4 Å². The van der Waals surface area contributed by atoms with Crippen LogP contribution < -0.4 is 9.64 Å². The van der Waals surface area contributed by atoms with Gasteiger partial charge in [0.2, 0.25) is 6.23 Å². The molecule has 0 fully saturated rings. The lowest BCUT2D eigenvalue weighted by Gasteiger charge is -2.38. The molecule has 0 N–H and O–H groups in total. The normalized spacial score (nSPS) is 16.0. The van der Waals surface area contributed by atoms with Gasteiger partial charge in [0.25, 0.3) is 5.69 Å². The quantitative estimate of drug-likeness (QED) is 0.515. The first-order chi connectivity index (χ1) is 12.2. The topological polar surface area (TPSA) is 55.6 Å². The monoisotopic (exact) mass is 332 g/mol. The Hall–Kier alpha value is -3.34. The summed E-state index contributed by atoms with van der Waals surface area (Å²) >= 11 is 0. The third kappa shape index (κ3) is 2.80. The molecule has 5 nitrogen and oxygen atoms in total. The molecule has 25 heavy (non-hydrogen) atoms. The highest BCUT2D eigenvalue weighted by atomic mass is 16.6. The van der Waals surface area contributed by atoms with Crippen LogP contribution in [0.15, 0.2) is 78.9 Å². The summed E-state index contributed by atoms with van der Waals surface area (Å²) in [5.74, 6) is 0.762. The van der Waals surface area contributed by atoms with Gasteiger partial charge in [0, 0.05) is 17.3 Å². The van der Waals surface area contributed by atoms with Gasteiger partial charge < -0.3 is 9.64 Å². The number of hydrogen-bond acceptors (Lipinski definition) is 4. The van der Waals surface area contributed by atoms with Gasteiger partial charge in [-0.15, -0.1) is 0 Å². The van der Waals surface area contributed by atoms with Crippen molar-refractivity contribution in [1.29, 1.82) is 0 Å². The van der Waals surface area contributed by atoms with E-state index in [1.165, 1.54) is 6.07 Å². The minimum atomic E-state index is -0.557. The molecule has 0 radical (unpaired) electrons. The van der Waals surface area contributed by atoms with Crippen LogP contribution in [0.1, 0.15) is 17.4 Å². The van der Waals surface area contributed by atoms with Gasteiger partial charge in [-0.1, -0.05) is 48.5 Å². The number of benzene rings is 3. The van der Waals surface area contributed by atoms with Gasteiger partial charge in [0.1, 0.15) is 5.75 Å². The molecule has 0 aliphatic carbocycles. The molecule has 124 valence electrons. The maximum absolute atomic E-state index is 11.5. The molecular formula is C20H16N2O3. The van der Waals surface area contributed by atoms with Gasteiger partial charge in [-0.25, -0.2) is 0 Å². The summed E-state index contributed by atoms with van der Waals surface area (Å²) in [6.07, 6.45) is -0.557. The van der Waals surface area contributed by atoms with Crippen LogP contribution in [0.3, 0.4) is 0 Å². The summed E-state index contributed by atoms with van der Waals surface area (Å²) in [6.45, 7) is 0.622. The number of ether oxygens (including phenoxy) is 1. The first-order valence-electron chi connectivity index (χ1n) is 8.03. The number of fused-ring (bicyclic) bond motifs is 1. The van der Waals surface area contributed by atoms with Gasteiger partial charge in [-0.3, -0.25) is 10.1 Å². The number of nitro groups is 1. The SMILES string of the molecule is O=[N+]([O-])c1ccccc1C1Oc2ccccc2CN1c1ccccc1. The molecule has 0 bridgehead atoms. The molecule has 4 rings (SSSR count). The molecule has 1 atom stereocenters. The van der Waals surface area contributed by atoms with Crippen molar-refractivity contribution in [1.82, 2.24) is 0 Å². The van der Waals surface area contributed by atoms with Crippen LogP contribution in [-0.4, -0.2) is 4.92 Å². The molecule has 1 unspecified atom stereocenters. The van der Waals surface area contributed by atoms with E-state index in [0.29, 0.717) is 12.1 Å². The van der Waals surface area contributed by atoms with E-state index >= 15 is 0 Å². The Morgan fingerprint density at radius 1 is 0.920 bits per heavy atom. The smallest absolute Gasteiger partial charge is 0.278 e. The lowest BCUT2D eigenvalue weighted by Crippen LogP contribution is -2.36. The van der Waals surface area contributed by atoms with Gasteiger partial charge in [-0.05, 0) is 24.3 Å². The van der Waals surface area contributed by atoms with Crippen LogP contribution in [0.5, 0.6) is 5.75 Å². The van der Waals surface area contributed by atoms with Gasteiger partial charge >= 0.3 is 0 Å². The summed E-state index contributed by atoms with van der Waals surface area (Å²) in [6, 6.07) is 24.4. The minimum Gasteiger partial charge on any atom is -0.466 e. The van der Waals surface area contributed by atoms with Crippen LogP contribution in [0.25, 0.3) is 0 Å². The lowest BCUT2D eigenvalue weighted by molar-refractivity contribution is -0.386. The summed E-state index contributed by atoms with van der Waals surface area (Å²) in [7, 11) is 0. The molecule has 3 aromatic carbocycles. The molecule has 0 spiro atoms. The predicted octanol–water partition coefficient (Wildman–Crippen LogP) is 4.69. The fourth-order valence-electron chi connectivity index (χ4n) is 3.14. The van der Waals surface area contributed by atoms with Crippen molar-refractivity contribution in [2.45, 2.75) is 12.8 Å². The van der Waals surface area contributed by atoms with Crippen LogP contribution >= 0.6 is 0 Å². The average Bonchev–Trinajstić information content (AvgIpc) is 2.67. The van der Waals surface area contributed by atoms with Crippen molar-refractivity contribution in [2.75, 3.05) is 4.90 Å². The molecule has 1 heterocycles. The second-order valence-electron chi connectivity index (χ2n) is 5.86. The molecule has 0 saturated heterocycles. The molecule has 1 aliphatic heterocycles. The summed E-state index contributed by atoms with van der Waals surface area (Å²) in [5.41, 5.74) is 2.63. The molecule has 1 aliphatic rings. The van der Waals surface area contributed by atoms with E-state index in [1.54, 1.807) is 18.2 Å². The number of nitrogens with zero attached hydrogens (tertiary/aromatic N) is 2. The largest absolute Gasteiger partial charge is 0.466 e. The van der Waals surface area contributed by atoms with E-state index in [0.717, 1.165) is 17.0 Å². The van der Waals surface area contributed by atoms with Crippen LogP contribution in [-0.2, 0) is 6.54 Å². The fraction of sp³-hybridized carbons (Fsp3) is 0.100. The average molecular weight is 332 g/mol. The Bertz CT molecular complexity index is 912. The van der Waals surface area contributed by atoms with E-state index in [4.69, 9.17) is 4.74 Å². The van der Waals surface area contributed by atoms with Gasteiger partial charge in [0.05, 0.1) is 17.0 Å². The van der Waals surface area contributed by atoms with E-state index in [-0.39, 0.29) is 10.6 Å². The molecule has 0 aromatic heterocycles. The number of anilines is 1. The van der Waals surface area contributed by atoms with Crippen molar-refractivity contribution in [3.63, 3.8) is 0 Å². The minimum absolute atomic E-state index is 0.0628. The Morgan fingerprint density at radius 3 is 2.40 bits per heavy atom. The second-order valence-corrected chi connectivity index (χ2v) is 5.86. The second kappa shape index (κ2) is 6.28. The number of para-hydroxylation sites is 3. The first kappa shape index (κ1) is 15.2. The van der Waals surface area contributed by atoms with Crippen molar-refractivity contribution in [3.05, 3.63) is 100 Å². The van der Waals surface area contributed by atoms with Crippen molar-refractivity contribution < 1.29 is 9.66 Å². The Labute approximate surface area is 145 Å². The Morgan fingerprint density at radius 2 is 1.60 bits per heavy atom. The highest BCUT2D eigenvalue weighted by Crippen LogP contribution is 2.40. The third-order valence-corrected chi connectivity index (χ3v) is 4.32. The first-order valence-corrected chi connectivity index (χ1v) is 8.03. The molecule has 3 aromatic rings. The molecule has 0 amide bonds. The Balaban J connectivity index is 1.85. The Kier molecular flexibility index (Phi) is 3.82. The van der Waals surface area contributed by atoms with Crippen molar-refractivity contribution in [2.24, 2.45) is 0 Å². The fourth-order valence-corrected chi connectivity index (χ4v) is 3.14. The third-order valence-electron chi connectivity index (χ3n) is 4.32. The zero-order valence-electron chi connectivity index (χ0n) is 13.4. The molecule has 5 heteroatoms. The van der Waals surface area contributed by atoms with Gasteiger partial charge in [-0.2, -0.15) is 0 Å². The number of hydrogen-bond donors (Lipinski definition) is 0. The standard InChI is InChI=1S/C20H16N2O3/c23-22(24)18-12-6-5-11-17(18)20-21(16-9-2-1-3-10-16)14-15-8-4-7-13-19(15)25-20/h1-13,20H,14H2. The van der Waals surface area contributed by atoms with E-state index in [2.05, 4.69) is 0 Å². The highest BCUT2D eigenvalue weighted by molar-refractivity contribution is 5.55. The molecular weight excluding hydrogens is 316 g/mol. The highest BCUT2D eigenvalue weighted by Gasteiger charge is 2.33. The van der Waals surface area contributed by atoms with Crippen LogP contribution in [0, 0.1) is 10.1 Å². The van der Waals surface area contributed by atoms with Crippen LogP contribution in [0.4, 0.5) is 11.4 Å². The zero-order valence-corrected chi connectivity index (χ0v) is 13.4. The number of nitro benzene ring substituents is 1. The summed E-state index contributed by atoms with van der Waals surface area (Å²) in [4.78, 5) is 13.2. The van der Waals surface area contributed by atoms with Gasteiger partial charge in [0.15, 0.2) is 0 Å². The lowest BCUT2D eigenvalue weighted by atomic mass is 10.1. The van der Waals surface area contributed by atoms with E-state index in [1.807, 2.05) is 59.5 Å². The van der Waals surface area contributed by atoms with Crippen LogP contribution in [0.2, 0.25) is 0 Å². The summed E-state index contributed by atoms with van der Waals surface area (Å²) in [5, 5.41) is 11.5. The summed E-state index contributed by atoms with van der Waals surface area (Å²) < 4.78 is 6.20. The maximum atomic E-state index is 11.5. The molecule has 0 saturated carbocycles. The zero-order chi connectivity index (χ0) is 17.2. The number of rotatable bonds is 3.